The Bertz CT molecular complexity index is 1070. The van der Waals surface area contributed by atoms with Gasteiger partial charge in [0.05, 0.1) is 12.2 Å². The van der Waals surface area contributed by atoms with E-state index in [-0.39, 0.29) is 6.54 Å². The molecule has 32 heavy (non-hydrogen) atoms. The maximum absolute atomic E-state index is 12.3. The predicted molar refractivity (Wildman–Crippen MR) is 121 cm³/mol. The van der Waals surface area contributed by atoms with Gasteiger partial charge in [-0.1, -0.05) is 54.6 Å². The quantitative estimate of drug-likeness (QED) is 0.503. The number of rotatable bonds is 9. The fraction of sp³-hybridized carbons (Fsp3) is 0.160. The maximum Gasteiger partial charge on any atom is 0.325 e. The number of hydrogen-bond donors (Lipinski definition) is 2. The van der Waals surface area contributed by atoms with Crippen molar-refractivity contribution in [3.05, 3.63) is 84.4 Å². The van der Waals surface area contributed by atoms with Crippen LogP contribution in [0.4, 0.5) is 5.69 Å². The first-order valence-electron chi connectivity index (χ1n) is 10.2. The molecule has 0 bridgehead atoms. The molecule has 2 N–H and O–H groups in total. The Morgan fingerprint density at radius 3 is 2.19 bits per heavy atom. The van der Waals surface area contributed by atoms with E-state index in [1.54, 1.807) is 36.4 Å². The first kappa shape index (κ1) is 22.6. The lowest BCUT2D eigenvalue weighted by molar-refractivity contribution is -0.146. The van der Waals surface area contributed by atoms with Gasteiger partial charge in [0.2, 0.25) is 0 Å². The van der Waals surface area contributed by atoms with E-state index in [0.29, 0.717) is 23.6 Å². The molecule has 3 aromatic carbocycles. The number of hydrogen-bond acceptors (Lipinski definition) is 5. The molecule has 0 radical (unpaired) electrons. The molecule has 0 aliphatic rings. The second-order valence-corrected chi connectivity index (χ2v) is 6.76. The molecule has 0 unspecified atom stereocenters. The molecule has 0 aliphatic heterocycles. The zero-order valence-corrected chi connectivity index (χ0v) is 17.7. The summed E-state index contributed by atoms with van der Waals surface area (Å²) in [5.41, 5.74) is 3.01. The minimum atomic E-state index is -0.721. The molecule has 0 aliphatic carbocycles. The van der Waals surface area contributed by atoms with E-state index in [1.807, 2.05) is 49.4 Å². The largest absolute Gasteiger partial charge is 0.493 e. The molecule has 0 atom stereocenters. The second-order valence-electron chi connectivity index (χ2n) is 6.76. The van der Waals surface area contributed by atoms with Gasteiger partial charge in [0.25, 0.3) is 11.8 Å². The van der Waals surface area contributed by atoms with E-state index in [2.05, 4.69) is 10.6 Å². The van der Waals surface area contributed by atoms with Gasteiger partial charge in [-0.05, 0) is 42.3 Å². The number of nitrogens with one attached hydrogen (secondary N) is 2. The molecule has 3 aromatic rings. The van der Waals surface area contributed by atoms with Crippen LogP contribution >= 0.6 is 0 Å². The van der Waals surface area contributed by atoms with Gasteiger partial charge < -0.3 is 20.1 Å². The highest BCUT2D eigenvalue weighted by Crippen LogP contribution is 2.21. The fourth-order valence-electron chi connectivity index (χ4n) is 2.95. The number of carbonyl (C=O) groups excluding carboxylic acids is 3. The van der Waals surface area contributed by atoms with Gasteiger partial charge in [0, 0.05) is 5.69 Å². The molecule has 0 heterocycles. The van der Waals surface area contributed by atoms with Crippen molar-refractivity contribution in [2.45, 2.75) is 6.92 Å². The highest BCUT2D eigenvalue weighted by molar-refractivity contribution is 5.98. The van der Waals surface area contributed by atoms with Crippen LogP contribution in [0.5, 0.6) is 5.75 Å². The van der Waals surface area contributed by atoms with Crippen LogP contribution in [0, 0.1) is 0 Å². The molecule has 3 rings (SSSR count). The number of benzene rings is 3. The van der Waals surface area contributed by atoms with Gasteiger partial charge in [-0.15, -0.1) is 0 Å². The average Bonchev–Trinajstić information content (AvgIpc) is 2.83. The minimum absolute atomic E-state index is 0.318. The van der Waals surface area contributed by atoms with Crippen molar-refractivity contribution in [3.63, 3.8) is 0 Å². The van der Waals surface area contributed by atoms with Crippen LogP contribution in [0.25, 0.3) is 11.1 Å². The summed E-state index contributed by atoms with van der Waals surface area (Å²) < 4.78 is 10.3. The Hall–Kier alpha value is -4.13. The van der Waals surface area contributed by atoms with Gasteiger partial charge in [0.1, 0.15) is 12.3 Å². The Balaban J connectivity index is 1.43. The fourth-order valence-corrected chi connectivity index (χ4v) is 2.95. The summed E-state index contributed by atoms with van der Waals surface area (Å²) in [6.07, 6.45) is 0. The normalized spacial score (nSPS) is 10.2. The Morgan fingerprint density at radius 2 is 1.47 bits per heavy atom. The van der Waals surface area contributed by atoms with Crippen molar-refractivity contribution in [2.24, 2.45) is 0 Å². The van der Waals surface area contributed by atoms with E-state index in [0.717, 1.165) is 11.1 Å². The summed E-state index contributed by atoms with van der Waals surface area (Å²) in [5, 5.41) is 5.14. The monoisotopic (exact) mass is 432 g/mol. The van der Waals surface area contributed by atoms with Crippen LogP contribution < -0.4 is 15.4 Å². The molecular weight excluding hydrogens is 408 g/mol. The number of amides is 2. The lowest BCUT2D eigenvalue weighted by atomic mass is 10.1. The van der Waals surface area contributed by atoms with Crippen LogP contribution in [0.2, 0.25) is 0 Å². The lowest BCUT2D eigenvalue weighted by Gasteiger charge is -2.10. The molecule has 7 heteroatoms. The highest BCUT2D eigenvalue weighted by Gasteiger charge is 2.14. The van der Waals surface area contributed by atoms with Crippen LogP contribution in [0.1, 0.15) is 17.3 Å². The molecule has 0 saturated heterocycles. The molecule has 0 spiro atoms. The average molecular weight is 432 g/mol. The second kappa shape index (κ2) is 11.3. The van der Waals surface area contributed by atoms with Gasteiger partial charge in [-0.25, -0.2) is 0 Å². The van der Waals surface area contributed by atoms with Gasteiger partial charge in [-0.3, -0.25) is 14.4 Å². The number of para-hydroxylation sites is 1. The molecule has 0 saturated carbocycles. The summed E-state index contributed by atoms with van der Waals surface area (Å²) >= 11 is 0. The smallest absolute Gasteiger partial charge is 0.325 e. The Labute approximate surface area is 186 Å². The topological polar surface area (TPSA) is 93.7 Å². The van der Waals surface area contributed by atoms with Crippen molar-refractivity contribution in [3.8, 4) is 16.9 Å². The zero-order chi connectivity index (χ0) is 22.8. The Morgan fingerprint density at radius 1 is 0.812 bits per heavy atom. The van der Waals surface area contributed by atoms with Crippen LogP contribution in [0.15, 0.2) is 78.9 Å². The molecule has 0 fully saturated rings. The Kier molecular flexibility index (Phi) is 7.97. The summed E-state index contributed by atoms with van der Waals surface area (Å²) in [7, 11) is 0. The maximum atomic E-state index is 12.3. The van der Waals surface area contributed by atoms with Crippen molar-refractivity contribution in [1.29, 1.82) is 0 Å². The zero-order valence-electron chi connectivity index (χ0n) is 17.7. The predicted octanol–water partition coefficient (Wildman–Crippen LogP) is 3.66. The third-order valence-electron chi connectivity index (χ3n) is 4.46. The standard InChI is InChI=1S/C25H24N2O5/c1-2-31-22-11-7-6-10-21(22)25(30)26-16-24(29)32-17-23(28)27-20-14-12-19(13-15-20)18-8-4-3-5-9-18/h3-15H,2,16-17H2,1H3,(H,26,30)(H,27,28). The van der Waals surface area contributed by atoms with Gasteiger partial charge in [0.15, 0.2) is 6.61 Å². The molecule has 7 nitrogen and oxygen atoms in total. The third kappa shape index (κ3) is 6.43. The van der Waals surface area contributed by atoms with Crippen molar-refractivity contribution < 1.29 is 23.9 Å². The van der Waals surface area contributed by atoms with Crippen LogP contribution in [-0.2, 0) is 14.3 Å². The van der Waals surface area contributed by atoms with Crippen molar-refractivity contribution in [1.82, 2.24) is 5.32 Å². The number of esters is 1. The molecule has 0 aromatic heterocycles. The van der Waals surface area contributed by atoms with E-state index in [4.69, 9.17) is 9.47 Å². The highest BCUT2D eigenvalue weighted by atomic mass is 16.5. The summed E-state index contributed by atoms with van der Waals surface area (Å²) in [4.78, 5) is 36.2. The molecule has 2 amide bonds. The number of carbonyl (C=O) groups is 3. The summed E-state index contributed by atoms with van der Waals surface area (Å²) in [5.74, 6) is -1.23. The van der Waals surface area contributed by atoms with E-state index < -0.39 is 24.4 Å². The third-order valence-corrected chi connectivity index (χ3v) is 4.46. The van der Waals surface area contributed by atoms with Gasteiger partial charge >= 0.3 is 5.97 Å². The SMILES string of the molecule is CCOc1ccccc1C(=O)NCC(=O)OCC(=O)Nc1ccc(-c2ccccc2)cc1. The van der Waals surface area contributed by atoms with Crippen molar-refractivity contribution >= 4 is 23.5 Å². The summed E-state index contributed by atoms with van der Waals surface area (Å²) in [6.45, 7) is 1.41. The number of anilines is 1. The molecule has 164 valence electrons. The van der Waals surface area contributed by atoms with Crippen molar-refractivity contribution in [2.75, 3.05) is 25.1 Å². The lowest BCUT2D eigenvalue weighted by Crippen LogP contribution is -2.32. The van der Waals surface area contributed by atoms with Crippen LogP contribution in [0.3, 0.4) is 0 Å². The number of ether oxygens (including phenoxy) is 2. The van der Waals surface area contributed by atoms with Crippen LogP contribution in [-0.4, -0.2) is 37.5 Å². The van der Waals surface area contributed by atoms with E-state index in [9.17, 15) is 14.4 Å². The van der Waals surface area contributed by atoms with E-state index >= 15 is 0 Å². The first-order chi connectivity index (χ1) is 15.6. The summed E-state index contributed by atoms with van der Waals surface area (Å²) in [6, 6.07) is 23.9. The minimum Gasteiger partial charge on any atom is -0.493 e. The van der Waals surface area contributed by atoms with E-state index in [1.165, 1.54) is 0 Å². The molecular formula is C25H24N2O5. The first-order valence-corrected chi connectivity index (χ1v) is 10.2. The van der Waals surface area contributed by atoms with Gasteiger partial charge in [-0.2, -0.15) is 0 Å².